The van der Waals surface area contributed by atoms with Crippen LogP contribution in [-0.4, -0.2) is 22.1 Å². The maximum atomic E-state index is 12.9. The average molecular weight is 232 g/mol. The fraction of sp³-hybridized carbons (Fsp3) is 0.333. The molecule has 0 aromatic heterocycles. The molecule has 0 spiro atoms. The second-order valence-corrected chi connectivity index (χ2v) is 4.47. The van der Waals surface area contributed by atoms with Crippen LogP contribution >= 0.6 is 0 Å². The lowest BCUT2D eigenvalue weighted by Crippen LogP contribution is -1.97. The summed E-state index contributed by atoms with van der Waals surface area (Å²) in [6.45, 7) is 0.366. The summed E-state index contributed by atoms with van der Waals surface area (Å²) in [5.41, 5.74) is 0.658. The third kappa shape index (κ3) is 1.77. The number of methoxy groups -OCH3 is 1. The van der Waals surface area contributed by atoms with Gasteiger partial charge >= 0.3 is 10.2 Å². The molecule has 0 fully saturated rings. The summed E-state index contributed by atoms with van der Waals surface area (Å²) in [7, 11) is -3.37. The van der Waals surface area contributed by atoms with Gasteiger partial charge in [0.25, 0.3) is 0 Å². The van der Waals surface area contributed by atoms with E-state index >= 15 is 0 Å². The zero-order valence-corrected chi connectivity index (χ0v) is 8.80. The lowest BCUT2D eigenvalue weighted by Gasteiger charge is -2.06. The van der Waals surface area contributed by atoms with Crippen molar-refractivity contribution in [2.75, 3.05) is 13.7 Å². The van der Waals surface area contributed by atoms with Crippen LogP contribution in [0.25, 0.3) is 0 Å². The molecule has 4 nitrogen and oxygen atoms in total. The van der Waals surface area contributed by atoms with Crippen molar-refractivity contribution < 1.29 is 21.8 Å². The first-order chi connectivity index (χ1) is 7.02. The van der Waals surface area contributed by atoms with Gasteiger partial charge in [-0.05, 0) is 6.07 Å². The van der Waals surface area contributed by atoms with Gasteiger partial charge in [-0.3, -0.25) is 0 Å². The normalized spacial score (nSPS) is 14.5. The summed E-state index contributed by atoms with van der Waals surface area (Å²) < 4.78 is 44.6. The van der Waals surface area contributed by atoms with Crippen molar-refractivity contribution in [1.29, 1.82) is 0 Å². The SMILES string of the molecule is COc1cc2c(c(S(=O)(=O)F)c1)OCC2. The van der Waals surface area contributed by atoms with Crippen LogP contribution in [0.1, 0.15) is 5.56 Å². The Morgan fingerprint density at radius 1 is 1.47 bits per heavy atom. The molecule has 0 bridgehead atoms. The van der Waals surface area contributed by atoms with E-state index in [9.17, 15) is 12.3 Å². The van der Waals surface area contributed by atoms with E-state index in [2.05, 4.69) is 0 Å². The lowest BCUT2D eigenvalue weighted by molar-refractivity contribution is 0.347. The first-order valence-electron chi connectivity index (χ1n) is 4.31. The summed E-state index contributed by atoms with van der Waals surface area (Å²) in [6, 6.07) is 2.77. The molecule has 0 saturated carbocycles. The molecular weight excluding hydrogens is 223 g/mol. The minimum Gasteiger partial charge on any atom is -0.497 e. The minimum atomic E-state index is -4.77. The summed E-state index contributed by atoms with van der Waals surface area (Å²) in [5.74, 6) is 0.425. The molecule has 0 radical (unpaired) electrons. The molecule has 82 valence electrons. The van der Waals surface area contributed by atoms with Gasteiger partial charge in [-0.15, -0.1) is 3.89 Å². The number of benzene rings is 1. The average Bonchev–Trinajstić information content (AvgIpc) is 2.61. The van der Waals surface area contributed by atoms with Gasteiger partial charge in [-0.2, -0.15) is 8.42 Å². The Labute approximate surface area is 86.8 Å². The standard InChI is InChI=1S/C9H9FO4S/c1-13-7-4-6-2-3-14-9(6)8(5-7)15(10,11)12/h4-5H,2-3H2,1H3. The molecule has 6 heteroatoms. The van der Waals surface area contributed by atoms with E-state index in [1.807, 2.05) is 0 Å². The molecule has 0 atom stereocenters. The van der Waals surface area contributed by atoms with Crippen LogP contribution in [0.3, 0.4) is 0 Å². The van der Waals surface area contributed by atoms with Crippen LogP contribution in [0.5, 0.6) is 11.5 Å². The zero-order chi connectivity index (χ0) is 11.1. The molecule has 0 aliphatic carbocycles. The summed E-state index contributed by atoms with van der Waals surface area (Å²) in [6.07, 6.45) is 0.565. The van der Waals surface area contributed by atoms with Crippen LogP contribution < -0.4 is 9.47 Å². The Bertz CT molecular complexity index is 495. The Hall–Kier alpha value is -1.30. The van der Waals surface area contributed by atoms with Crippen molar-refractivity contribution in [2.45, 2.75) is 11.3 Å². The minimum absolute atomic E-state index is 0.110. The van der Waals surface area contributed by atoms with Gasteiger partial charge in [-0.25, -0.2) is 0 Å². The van der Waals surface area contributed by atoms with Gasteiger partial charge < -0.3 is 9.47 Å². The van der Waals surface area contributed by atoms with Gasteiger partial charge in [-0.1, -0.05) is 0 Å². The summed E-state index contributed by atoms with van der Waals surface area (Å²) >= 11 is 0. The summed E-state index contributed by atoms with van der Waals surface area (Å²) in [4.78, 5) is -0.450. The van der Waals surface area contributed by atoms with Gasteiger partial charge in [0.1, 0.15) is 16.4 Å². The number of hydrogen-bond acceptors (Lipinski definition) is 4. The van der Waals surface area contributed by atoms with Crippen molar-refractivity contribution >= 4 is 10.2 Å². The molecule has 1 aliphatic rings. The molecule has 0 saturated heterocycles. The van der Waals surface area contributed by atoms with E-state index in [4.69, 9.17) is 9.47 Å². The third-order valence-electron chi connectivity index (χ3n) is 2.22. The Morgan fingerprint density at radius 2 is 2.20 bits per heavy atom. The van der Waals surface area contributed by atoms with E-state index in [-0.39, 0.29) is 5.75 Å². The summed E-state index contributed by atoms with van der Waals surface area (Å²) in [5, 5.41) is 0. The van der Waals surface area contributed by atoms with Crippen molar-refractivity contribution in [2.24, 2.45) is 0 Å². The first kappa shape index (κ1) is 10.2. The molecule has 0 N–H and O–H groups in total. The predicted molar refractivity (Wildman–Crippen MR) is 50.5 cm³/mol. The number of fused-ring (bicyclic) bond motifs is 1. The van der Waals surface area contributed by atoms with Gasteiger partial charge in [0.05, 0.1) is 13.7 Å². The smallest absolute Gasteiger partial charge is 0.335 e. The molecule has 15 heavy (non-hydrogen) atoms. The van der Waals surface area contributed by atoms with Crippen LogP contribution in [0.15, 0.2) is 17.0 Å². The quantitative estimate of drug-likeness (QED) is 0.721. The van der Waals surface area contributed by atoms with E-state index in [1.54, 1.807) is 6.07 Å². The van der Waals surface area contributed by atoms with Crippen molar-refractivity contribution in [1.82, 2.24) is 0 Å². The van der Waals surface area contributed by atoms with E-state index in [1.165, 1.54) is 7.11 Å². The Kier molecular flexibility index (Phi) is 2.30. The highest BCUT2D eigenvalue weighted by Gasteiger charge is 2.26. The maximum Gasteiger partial charge on any atom is 0.335 e. The van der Waals surface area contributed by atoms with Crippen LogP contribution in [-0.2, 0) is 16.6 Å². The van der Waals surface area contributed by atoms with Gasteiger partial charge in [0.15, 0.2) is 0 Å². The fourth-order valence-electron chi connectivity index (χ4n) is 1.54. The molecule has 1 aliphatic heterocycles. The molecule has 0 amide bonds. The Morgan fingerprint density at radius 3 is 2.80 bits per heavy atom. The van der Waals surface area contributed by atoms with Crippen molar-refractivity contribution in [3.8, 4) is 11.5 Å². The van der Waals surface area contributed by atoms with E-state index < -0.39 is 15.1 Å². The molecule has 1 aromatic carbocycles. The second-order valence-electron chi connectivity index (χ2n) is 3.15. The molecule has 1 aromatic rings. The molecule has 2 rings (SSSR count). The largest absolute Gasteiger partial charge is 0.497 e. The highest BCUT2D eigenvalue weighted by Crippen LogP contribution is 2.37. The highest BCUT2D eigenvalue weighted by atomic mass is 32.3. The topological polar surface area (TPSA) is 52.6 Å². The number of ether oxygens (including phenoxy) is 2. The fourth-order valence-corrected chi connectivity index (χ4v) is 2.21. The number of rotatable bonds is 2. The molecule has 0 unspecified atom stereocenters. The monoisotopic (exact) mass is 232 g/mol. The highest BCUT2D eigenvalue weighted by molar-refractivity contribution is 7.86. The van der Waals surface area contributed by atoms with Gasteiger partial charge in [0, 0.05) is 18.1 Å². The predicted octanol–water partition coefficient (Wildman–Crippen LogP) is 1.29. The van der Waals surface area contributed by atoms with Crippen LogP contribution in [0, 0.1) is 0 Å². The van der Waals surface area contributed by atoms with Crippen LogP contribution in [0.4, 0.5) is 3.89 Å². The van der Waals surface area contributed by atoms with Gasteiger partial charge in [0.2, 0.25) is 0 Å². The van der Waals surface area contributed by atoms with Crippen molar-refractivity contribution in [3.05, 3.63) is 17.7 Å². The first-order valence-corrected chi connectivity index (χ1v) is 5.69. The number of halogens is 1. The second kappa shape index (κ2) is 3.37. The Balaban J connectivity index is 2.68. The molecular formula is C9H9FO4S. The third-order valence-corrected chi connectivity index (χ3v) is 3.05. The molecule has 1 heterocycles. The van der Waals surface area contributed by atoms with E-state index in [0.717, 1.165) is 6.07 Å². The maximum absolute atomic E-state index is 12.9. The lowest BCUT2D eigenvalue weighted by atomic mass is 10.1. The van der Waals surface area contributed by atoms with Crippen LogP contribution in [0.2, 0.25) is 0 Å². The van der Waals surface area contributed by atoms with Crippen molar-refractivity contribution in [3.63, 3.8) is 0 Å². The number of hydrogen-bond donors (Lipinski definition) is 0. The van der Waals surface area contributed by atoms with E-state index in [0.29, 0.717) is 24.3 Å². The zero-order valence-electron chi connectivity index (χ0n) is 7.99.